The number of rotatable bonds is 7. The van der Waals surface area contributed by atoms with Gasteiger partial charge in [-0.1, -0.05) is 6.07 Å². The lowest BCUT2D eigenvalue weighted by molar-refractivity contribution is 0.287. The minimum absolute atomic E-state index is 0.155. The Morgan fingerprint density at radius 3 is 2.38 bits per heavy atom. The van der Waals surface area contributed by atoms with E-state index in [0.717, 1.165) is 28.4 Å². The van der Waals surface area contributed by atoms with Gasteiger partial charge in [-0.15, -0.1) is 0 Å². The molecule has 1 unspecified atom stereocenters. The van der Waals surface area contributed by atoms with E-state index in [9.17, 15) is 0 Å². The molecule has 3 N–H and O–H groups in total. The predicted octanol–water partition coefficient (Wildman–Crippen LogP) is 2.94. The van der Waals surface area contributed by atoms with E-state index in [-0.39, 0.29) is 6.04 Å². The van der Waals surface area contributed by atoms with Gasteiger partial charge in [0.1, 0.15) is 5.76 Å². The summed E-state index contributed by atoms with van der Waals surface area (Å²) >= 11 is 0. The number of hydrogen-bond donors (Lipinski definition) is 2. The van der Waals surface area contributed by atoms with E-state index in [1.54, 1.807) is 6.26 Å². The van der Waals surface area contributed by atoms with Gasteiger partial charge >= 0.3 is 0 Å². The molecule has 1 aromatic heterocycles. The van der Waals surface area contributed by atoms with Crippen LogP contribution in [0.15, 0.2) is 34.9 Å². The van der Waals surface area contributed by atoms with Crippen LogP contribution in [0.1, 0.15) is 36.8 Å². The number of hydrogen-bond acceptors (Lipinski definition) is 5. The van der Waals surface area contributed by atoms with E-state index in [1.165, 1.54) is 0 Å². The molecule has 21 heavy (non-hydrogen) atoms. The van der Waals surface area contributed by atoms with Crippen LogP contribution in [0.3, 0.4) is 0 Å². The highest BCUT2D eigenvalue weighted by Crippen LogP contribution is 2.33. The van der Waals surface area contributed by atoms with Crippen LogP contribution in [0.5, 0.6) is 11.5 Å². The van der Waals surface area contributed by atoms with Gasteiger partial charge in [-0.05, 0) is 44.5 Å². The lowest BCUT2D eigenvalue weighted by atomic mass is 10.0. The number of furan rings is 1. The minimum atomic E-state index is -0.155. The second kappa shape index (κ2) is 7.15. The Balaban J connectivity index is 2.35. The van der Waals surface area contributed by atoms with E-state index >= 15 is 0 Å². The van der Waals surface area contributed by atoms with Crippen LogP contribution in [0, 0.1) is 6.92 Å². The van der Waals surface area contributed by atoms with E-state index < -0.39 is 0 Å². The normalized spacial score (nSPS) is 12.2. The van der Waals surface area contributed by atoms with Gasteiger partial charge in [-0.2, -0.15) is 0 Å². The van der Waals surface area contributed by atoms with Crippen molar-refractivity contribution < 1.29 is 13.9 Å². The zero-order chi connectivity index (χ0) is 15.2. The van der Waals surface area contributed by atoms with E-state index in [2.05, 4.69) is 5.43 Å². The van der Waals surface area contributed by atoms with Gasteiger partial charge in [0.2, 0.25) is 0 Å². The van der Waals surface area contributed by atoms with Crippen molar-refractivity contribution >= 4 is 0 Å². The maximum absolute atomic E-state index is 5.70. The minimum Gasteiger partial charge on any atom is -0.490 e. The third-order valence-electron chi connectivity index (χ3n) is 3.15. The number of nitrogens with two attached hydrogens (primary N) is 1. The summed E-state index contributed by atoms with van der Waals surface area (Å²) in [5, 5.41) is 0. The fraction of sp³-hybridized carbons (Fsp3) is 0.375. The van der Waals surface area contributed by atoms with Gasteiger partial charge in [-0.3, -0.25) is 5.84 Å². The van der Waals surface area contributed by atoms with Crippen LogP contribution in [0.25, 0.3) is 0 Å². The van der Waals surface area contributed by atoms with Crippen LogP contribution < -0.4 is 20.7 Å². The van der Waals surface area contributed by atoms with Crippen LogP contribution in [0.4, 0.5) is 0 Å². The molecule has 1 heterocycles. The smallest absolute Gasteiger partial charge is 0.161 e. The monoisotopic (exact) mass is 290 g/mol. The lowest BCUT2D eigenvalue weighted by Gasteiger charge is -2.17. The van der Waals surface area contributed by atoms with E-state index in [4.69, 9.17) is 19.7 Å². The molecule has 0 amide bonds. The van der Waals surface area contributed by atoms with Crippen molar-refractivity contribution in [3.05, 3.63) is 47.4 Å². The Labute approximate surface area is 125 Å². The number of nitrogens with one attached hydrogen (secondary N) is 1. The molecule has 0 aliphatic heterocycles. The highest BCUT2D eigenvalue weighted by Gasteiger charge is 2.17. The van der Waals surface area contributed by atoms with Crippen LogP contribution in [-0.2, 0) is 0 Å². The third-order valence-corrected chi connectivity index (χ3v) is 3.15. The first-order valence-electron chi connectivity index (χ1n) is 7.10. The van der Waals surface area contributed by atoms with Gasteiger partial charge in [0.25, 0.3) is 0 Å². The van der Waals surface area contributed by atoms with Gasteiger partial charge in [-0.25, -0.2) is 5.43 Å². The van der Waals surface area contributed by atoms with Crippen molar-refractivity contribution in [3.63, 3.8) is 0 Å². The third kappa shape index (κ3) is 3.56. The molecule has 0 saturated heterocycles. The van der Waals surface area contributed by atoms with Crippen LogP contribution in [0.2, 0.25) is 0 Å². The largest absolute Gasteiger partial charge is 0.490 e. The number of benzene rings is 1. The Kier molecular flexibility index (Phi) is 5.25. The molecule has 0 radical (unpaired) electrons. The molecule has 0 bridgehead atoms. The lowest BCUT2D eigenvalue weighted by Crippen LogP contribution is -2.28. The summed E-state index contributed by atoms with van der Waals surface area (Å²) in [7, 11) is 0. The summed E-state index contributed by atoms with van der Waals surface area (Å²) in [5.41, 5.74) is 4.78. The van der Waals surface area contributed by atoms with Gasteiger partial charge in [0.15, 0.2) is 11.5 Å². The fourth-order valence-corrected chi connectivity index (χ4v) is 2.25. The zero-order valence-electron chi connectivity index (χ0n) is 12.7. The first-order chi connectivity index (χ1) is 10.2. The van der Waals surface area contributed by atoms with E-state index in [0.29, 0.717) is 13.2 Å². The summed E-state index contributed by atoms with van der Waals surface area (Å²) < 4.78 is 16.6. The maximum Gasteiger partial charge on any atom is 0.161 e. The van der Waals surface area contributed by atoms with Gasteiger partial charge in [0.05, 0.1) is 25.5 Å². The summed E-state index contributed by atoms with van der Waals surface area (Å²) in [4.78, 5) is 0. The molecule has 5 heteroatoms. The molecular formula is C16H22N2O3. The van der Waals surface area contributed by atoms with Crippen molar-refractivity contribution in [2.75, 3.05) is 13.2 Å². The average Bonchev–Trinajstić information content (AvgIpc) is 2.89. The molecule has 2 aromatic rings. The Morgan fingerprint density at radius 1 is 1.10 bits per heavy atom. The molecule has 114 valence electrons. The molecule has 0 saturated carbocycles. The second-order valence-corrected chi connectivity index (χ2v) is 4.66. The quantitative estimate of drug-likeness (QED) is 0.606. The topological polar surface area (TPSA) is 69.7 Å². The molecule has 1 aromatic carbocycles. The fourth-order valence-electron chi connectivity index (χ4n) is 2.25. The van der Waals surface area contributed by atoms with Crippen LogP contribution >= 0.6 is 0 Å². The first-order valence-corrected chi connectivity index (χ1v) is 7.10. The second-order valence-electron chi connectivity index (χ2n) is 4.66. The summed E-state index contributed by atoms with van der Waals surface area (Å²) in [6, 6.07) is 7.63. The predicted molar refractivity (Wildman–Crippen MR) is 81.4 cm³/mol. The van der Waals surface area contributed by atoms with Crippen molar-refractivity contribution in [2.45, 2.75) is 26.8 Å². The molecule has 0 aliphatic carbocycles. The molecule has 0 fully saturated rings. The van der Waals surface area contributed by atoms with Crippen molar-refractivity contribution in [1.29, 1.82) is 0 Å². The Bertz CT molecular complexity index is 581. The van der Waals surface area contributed by atoms with Crippen LogP contribution in [-0.4, -0.2) is 13.2 Å². The number of ether oxygens (including phenoxy) is 2. The van der Waals surface area contributed by atoms with Gasteiger partial charge in [0, 0.05) is 5.56 Å². The Morgan fingerprint density at radius 2 is 1.81 bits per heavy atom. The SMILES string of the molecule is CCOc1ccc(C(NN)c2coc(C)c2)cc1OCC. The number of hydrazine groups is 1. The standard InChI is InChI=1S/C16H22N2O3/c1-4-19-14-7-6-12(9-15(14)20-5-2)16(18-17)13-8-11(3)21-10-13/h6-10,16,18H,4-5,17H2,1-3H3. The van der Waals surface area contributed by atoms with Crippen molar-refractivity contribution in [3.8, 4) is 11.5 Å². The molecule has 5 nitrogen and oxygen atoms in total. The summed E-state index contributed by atoms with van der Waals surface area (Å²) in [6.45, 7) is 6.97. The molecule has 0 spiro atoms. The summed E-state index contributed by atoms with van der Waals surface area (Å²) in [5.74, 6) is 8.01. The maximum atomic E-state index is 5.70. The molecule has 0 aliphatic rings. The first kappa shape index (κ1) is 15.4. The highest BCUT2D eigenvalue weighted by atomic mass is 16.5. The average molecular weight is 290 g/mol. The molecular weight excluding hydrogens is 268 g/mol. The molecule has 1 atom stereocenters. The number of aryl methyl sites for hydroxylation is 1. The Hall–Kier alpha value is -1.98. The van der Waals surface area contributed by atoms with Gasteiger partial charge < -0.3 is 13.9 Å². The van der Waals surface area contributed by atoms with Crippen molar-refractivity contribution in [1.82, 2.24) is 5.43 Å². The van der Waals surface area contributed by atoms with Crippen molar-refractivity contribution in [2.24, 2.45) is 5.84 Å². The highest BCUT2D eigenvalue weighted by molar-refractivity contribution is 5.45. The summed E-state index contributed by atoms with van der Waals surface area (Å²) in [6.07, 6.45) is 1.71. The molecule has 2 rings (SSSR count). The zero-order valence-corrected chi connectivity index (χ0v) is 12.7. The van der Waals surface area contributed by atoms with E-state index in [1.807, 2.05) is 45.0 Å².